The van der Waals surface area contributed by atoms with E-state index in [9.17, 15) is 4.79 Å². The van der Waals surface area contributed by atoms with E-state index in [0.717, 1.165) is 30.6 Å². The van der Waals surface area contributed by atoms with Crippen molar-refractivity contribution in [2.45, 2.75) is 44.6 Å². The summed E-state index contributed by atoms with van der Waals surface area (Å²) < 4.78 is 16.2. The Hall–Kier alpha value is -2.34. The van der Waals surface area contributed by atoms with Crippen LogP contribution in [0.2, 0.25) is 0 Å². The summed E-state index contributed by atoms with van der Waals surface area (Å²) in [5.74, 6) is 1.42. The lowest BCUT2D eigenvalue weighted by molar-refractivity contribution is -0.123. The van der Waals surface area contributed by atoms with Gasteiger partial charge in [0.2, 0.25) is 5.91 Å². The molecule has 3 rings (SSSR count). The SMILES string of the molecule is COc1cccc(-c2cc(C3(C(=O)NCCCOC(C)C)CC3)no2)c1. The summed E-state index contributed by atoms with van der Waals surface area (Å²) in [6, 6.07) is 9.46. The average molecular weight is 358 g/mol. The molecule has 26 heavy (non-hydrogen) atoms. The van der Waals surface area contributed by atoms with Gasteiger partial charge in [-0.3, -0.25) is 4.79 Å². The topological polar surface area (TPSA) is 73.6 Å². The number of benzene rings is 1. The highest BCUT2D eigenvalue weighted by molar-refractivity contribution is 5.91. The highest BCUT2D eigenvalue weighted by Crippen LogP contribution is 2.48. The van der Waals surface area contributed by atoms with Crippen LogP contribution in [0.5, 0.6) is 5.75 Å². The maximum Gasteiger partial charge on any atom is 0.232 e. The molecule has 0 atom stereocenters. The van der Waals surface area contributed by atoms with E-state index >= 15 is 0 Å². The van der Waals surface area contributed by atoms with Crippen molar-refractivity contribution in [1.29, 1.82) is 0 Å². The average Bonchev–Trinajstić information content (AvgIpc) is 3.31. The van der Waals surface area contributed by atoms with Gasteiger partial charge in [-0.1, -0.05) is 17.3 Å². The van der Waals surface area contributed by atoms with Crippen LogP contribution in [0.1, 0.15) is 38.8 Å². The molecule has 1 aromatic carbocycles. The molecule has 1 aliphatic rings. The highest BCUT2D eigenvalue weighted by atomic mass is 16.5. The van der Waals surface area contributed by atoms with Crippen LogP contribution in [0.3, 0.4) is 0 Å². The largest absolute Gasteiger partial charge is 0.497 e. The van der Waals surface area contributed by atoms with Gasteiger partial charge in [-0.2, -0.15) is 0 Å². The van der Waals surface area contributed by atoms with Crippen molar-refractivity contribution >= 4 is 5.91 Å². The first kappa shape index (κ1) is 18.5. The van der Waals surface area contributed by atoms with Crippen LogP contribution in [0.4, 0.5) is 0 Å². The van der Waals surface area contributed by atoms with Crippen molar-refractivity contribution in [3.8, 4) is 17.1 Å². The second-order valence-electron chi connectivity index (χ2n) is 6.92. The molecule has 6 nitrogen and oxygen atoms in total. The zero-order chi connectivity index (χ0) is 18.6. The van der Waals surface area contributed by atoms with Crippen LogP contribution in [0.15, 0.2) is 34.9 Å². The summed E-state index contributed by atoms with van der Waals surface area (Å²) in [6.07, 6.45) is 2.61. The van der Waals surface area contributed by atoms with Crippen LogP contribution in [-0.2, 0) is 14.9 Å². The van der Waals surface area contributed by atoms with E-state index in [1.807, 2.05) is 44.2 Å². The highest BCUT2D eigenvalue weighted by Gasteiger charge is 2.53. The third-order valence-corrected chi connectivity index (χ3v) is 4.60. The molecule has 140 valence electrons. The molecule has 1 amide bonds. The number of rotatable bonds is 9. The molecule has 1 fully saturated rings. The number of ether oxygens (including phenoxy) is 2. The summed E-state index contributed by atoms with van der Waals surface area (Å²) in [6.45, 7) is 5.26. The van der Waals surface area contributed by atoms with Crippen molar-refractivity contribution < 1.29 is 18.8 Å². The number of aromatic nitrogens is 1. The first-order valence-corrected chi connectivity index (χ1v) is 9.07. The van der Waals surface area contributed by atoms with Crippen LogP contribution in [0.25, 0.3) is 11.3 Å². The first-order chi connectivity index (χ1) is 12.5. The summed E-state index contributed by atoms with van der Waals surface area (Å²) >= 11 is 0. The minimum atomic E-state index is -0.542. The Kier molecular flexibility index (Phi) is 5.61. The fourth-order valence-corrected chi connectivity index (χ4v) is 2.90. The number of nitrogens with one attached hydrogen (secondary N) is 1. The molecule has 0 bridgehead atoms. The number of carbonyl (C=O) groups is 1. The number of carbonyl (C=O) groups excluding carboxylic acids is 1. The predicted molar refractivity (Wildman–Crippen MR) is 98.1 cm³/mol. The molecule has 1 saturated carbocycles. The number of hydrogen-bond donors (Lipinski definition) is 1. The molecule has 0 unspecified atom stereocenters. The van der Waals surface area contributed by atoms with E-state index in [1.54, 1.807) is 7.11 Å². The van der Waals surface area contributed by atoms with Gasteiger partial charge in [0.1, 0.15) is 5.75 Å². The molecule has 1 N–H and O–H groups in total. The Labute approximate surface area is 153 Å². The van der Waals surface area contributed by atoms with E-state index < -0.39 is 5.41 Å². The van der Waals surface area contributed by atoms with Crippen molar-refractivity contribution in [1.82, 2.24) is 10.5 Å². The van der Waals surface area contributed by atoms with Gasteiger partial charge in [-0.15, -0.1) is 0 Å². The molecule has 0 saturated heterocycles. The zero-order valence-electron chi connectivity index (χ0n) is 15.6. The van der Waals surface area contributed by atoms with Gasteiger partial charge in [0, 0.05) is 24.8 Å². The summed E-state index contributed by atoms with van der Waals surface area (Å²) in [5, 5.41) is 7.17. The molecule has 0 spiro atoms. The van der Waals surface area contributed by atoms with Gasteiger partial charge >= 0.3 is 0 Å². The number of nitrogens with zero attached hydrogens (tertiary/aromatic N) is 1. The van der Waals surface area contributed by atoms with Gasteiger partial charge in [0.05, 0.1) is 24.3 Å². The van der Waals surface area contributed by atoms with E-state index in [-0.39, 0.29) is 12.0 Å². The fraction of sp³-hybridized carbons (Fsp3) is 0.500. The van der Waals surface area contributed by atoms with Gasteiger partial charge in [0.15, 0.2) is 5.76 Å². The van der Waals surface area contributed by atoms with E-state index in [4.69, 9.17) is 14.0 Å². The fourth-order valence-electron chi connectivity index (χ4n) is 2.90. The molecule has 0 radical (unpaired) electrons. The van der Waals surface area contributed by atoms with Gasteiger partial charge in [-0.25, -0.2) is 0 Å². The van der Waals surface area contributed by atoms with E-state index in [1.165, 1.54) is 0 Å². The number of amides is 1. The maximum atomic E-state index is 12.6. The van der Waals surface area contributed by atoms with E-state index in [2.05, 4.69) is 10.5 Å². The second kappa shape index (κ2) is 7.91. The Morgan fingerprint density at radius 2 is 2.15 bits per heavy atom. The van der Waals surface area contributed by atoms with Crippen molar-refractivity contribution in [3.05, 3.63) is 36.0 Å². The van der Waals surface area contributed by atoms with Crippen LogP contribution in [0, 0.1) is 0 Å². The molecule has 1 aliphatic carbocycles. The lowest BCUT2D eigenvalue weighted by Gasteiger charge is -2.13. The first-order valence-electron chi connectivity index (χ1n) is 9.07. The number of hydrogen-bond acceptors (Lipinski definition) is 5. The van der Waals surface area contributed by atoms with E-state index in [0.29, 0.717) is 24.6 Å². The van der Waals surface area contributed by atoms with Gasteiger partial charge < -0.3 is 19.3 Å². The van der Waals surface area contributed by atoms with Gasteiger partial charge in [-0.05, 0) is 45.2 Å². The molecular formula is C20H26N2O4. The van der Waals surface area contributed by atoms with Gasteiger partial charge in [0.25, 0.3) is 0 Å². The quantitative estimate of drug-likeness (QED) is 0.696. The Bertz CT molecular complexity index is 750. The normalized spacial score (nSPS) is 15.1. The zero-order valence-corrected chi connectivity index (χ0v) is 15.6. The molecule has 2 aromatic rings. The Morgan fingerprint density at radius 3 is 2.85 bits per heavy atom. The summed E-state index contributed by atoms with van der Waals surface area (Å²) in [5.41, 5.74) is 1.04. The van der Waals surface area contributed by atoms with Crippen LogP contribution >= 0.6 is 0 Å². The monoisotopic (exact) mass is 358 g/mol. The molecule has 6 heteroatoms. The molecule has 1 aromatic heterocycles. The van der Waals surface area contributed by atoms with Crippen LogP contribution in [-0.4, -0.2) is 37.4 Å². The lowest BCUT2D eigenvalue weighted by atomic mass is 10.0. The number of methoxy groups -OCH3 is 1. The van der Waals surface area contributed by atoms with Crippen molar-refractivity contribution in [2.75, 3.05) is 20.3 Å². The second-order valence-corrected chi connectivity index (χ2v) is 6.92. The third-order valence-electron chi connectivity index (χ3n) is 4.60. The third kappa shape index (κ3) is 4.07. The van der Waals surface area contributed by atoms with Crippen LogP contribution < -0.4 is 10.1 Å². The smallest absolute Gasteiger partial charge is 0.232 e. The minimum Gasteiger partial charge on any atom is -0.497 e. The summed E-state index contributed by atoms with van der Waals surface area (Å²) in [4.78, 5) is 12.6. The Morgan fingerprint density at radius 1 is 1.35 bits per heavy atom. The standard InChI is InChI=1S/C20H26N2O4/c1-14(2)25-11-5-10-21-19(23)20(8-9-20)18-13-17(26-22-18)15-6-4-7-16(12-15)24-3/h4,6-7,12-14H,5,8-11H2,1-3H3,(H,21,23). The Balaban J connectivity index is 1.61. The molecule has 0 aliphatic heterocycles. The molecule has 1 heterocycles. The summed E-state index contributed by atoms with van der Waals surface area (Å²) in [7, 11) is 1.63. The predicted octanol–water partition coefficient (Wildman–Crippen LogP) is 3.31. The molecular weight excluding hydrogens is 332 g/mol. The van der Waals surface area contributed by atoms with Crippen molar-refractivity contribution in [2.24, 2.45) is 0 Å². The maximum absolute atomic E-state index is 12.6. The van der Waals surface area contributed by atoms with Crippen molar-refractivity contribution in [3.63, 3.8) is 0 Å². The minimum absolute atomic E-state index is 0.0209. The lowest BCUT2D eigenvalue weighted by Crippen LogP contribution is -2.35.